The van der Waals surface area contributed by atoms with Crippen molar-refractivity contribution in [1.82, 2.24) is 9.78 Å². The van der Waals surface area contributed by atoms with E-state index in [1.54, 1.807) is 42.5 Å². The van der Waals surface area contributed by atoms with Crippen LogP contribution in [0.15, 0.2) is 47.3 Å². The van der Waals surface area contributed by atoms with E-state index in [9.17, 15) is 9.59 Å². The molecule has 6 heteroatoms. The predicted octanol–water partition coefficient (Wildman–Crippen LogP) is 3.56. The molecule has 3 aromatic rings. The van der Waals surface area contributed by atoms with E-state index in [0.29, 0.717) is 32.7 Å². The number of benzene rings is 2. The molecule has 0 amide bonds. The van der Waals surface area contributed by atoms with Crippen molar-refractivity contribution in [2.75, 3.05) is 0 Å². The summed E-state index contributed by atoms with van der Waals surface area (Å²) in [6.45, 7) is 0.143. The van der Waals surface area contributed by atoms with Gasteiger partial charge in [0.2, 0.25) is 0 Å². The molecule has 0 spiro atoms. The lowest BCUT2D eigenvalue weighted by molar-refractivity contribution is 0.111. The van der Waals surface area contributed by atoms with Gasteiger partial charge in [-0.2, -0.15) is 5.10 Å². The number of aldehydes is 1. The summed E-state index contributed by atoms with van der Waals surface area (Å²) in [4.78, 5) is 23.7. The van der Waals surface area contributed by atoms with Crippen LogP contribution in [0.25, 0.3) is 10.8 Å². The maximum absolute atomic E-state index is 12.5. The molecule has 0 N–H and O–H groups in total. The third kappa shape index (κ3) is 2.63. The molecule has 2 aromatic carbocycles. The monoisotopic (exact) mass is 332 g/mol. The summed E-state index contributed by atoms with van der Waals surface area (Å²) in [5.74, 6) is 0. The standard InChI is InChI=1S/C16H10Cl2N2O2/c17-11-5-6-14(18)10(7-11)8-20-16(22)13-4-2-1-3-12(13)15(9-21)19-20/h1-7,9H,8H2. The fourth-order valence-electron chi connectivity index (χ4n) is 2.28. The Balaban J connectivity index is 2.19. The fourth-order valence-corrected chi connectivity index (χ4v) is 2.65. The highest BCUT2D eigenvalue weighted by Crippen LogP contribution is 2.21. The first-order valence-electron chi connectivity index (χ1n) is 6.49. The Morgan fingerprint density at radius 3 is 2.55 bits per heavy atom. The molecule has 110 valence electrons. The zero-order chi connectivity index (χ0) is 15.7. The zero-order valence-electron chi connectivity index (χ0n) is 11.3. The molecular weight excluding hydrogens is 323 g/mol. The first-order chi connectivity index (χ1) is 10.6. The molecule has 4 nitrogen and oxygen atoms in total. The summed E-state index contributed by atoms with van der Waals surface area (Å²) in [6.07, 6.45) is 0.637. The maximum atomic E-state index is 12.5. The van der Waals surface area contributed by atoms with E-state index in [2.05, 4.69) is 5.10 Å². The van der Waals surface area contributed by atoms with E-state index in [0.717, 1.165) is 0 Å². The summed E-state index contributed by atoms with van der Waals surface area (Å²) >= 11 is 12.1. The summed E-state index contributed by atoms with van der Waals surface area (Å²) in [5, 5.41) is 6.10. The van der Waals surface area contributed by atoms with E-state index in [4.69, 9.17) is 23.2 Å². The molecule has 0 aliphatic carbocycles. The van der Waals surface area contributed by atoms with Gasteiger partial charge in [0.1, 0.15) is 5.69 Å². The van der Waals surface area contributed by atoms with Crippen molar-refractivity contribution >= 4 is 40.3 Å². The number of hydrogen-bond acceptors (Lipinski definition) is 3. The first kappa shape index (κ1) is 14.8. The van der Waals surface area contributed by atoms with E-state index in [-0.39, 0.29) is 17.8 Å². The minimum Gasteiger partial charge on any atom is -0.296 e. The van der Waals surface area contributed by atoms with Gasteiger partial charge in [0.05, 0.1) is 11.9 Å². The van der Waals surface area contributed by atoms with Gasteiger partial charge in [0.15, 0.2) is 6.29 Å². The highest BCUT2D eigenvalue weighted by molar-refractivity contribution is 6.33. The third-order valence-corrected chi connectivity index (χ3v) is 3.94. The molecule has 3 rings (SSSR count). The normalized spacial score (nSPS) is 10.8. The quantitative estimate of drug-likeness (QED) is 0.689. The van der Waals surface area contributed by atoms with Gasteiger partial charge in [-0.25, -0.2) is 4.68 Å². The topological polar surface area (TPSA) is 52.0 Å². The van der Waals surface area contributed by atoms with Crippen molar-refractivity contribution in [2.24, 2.45) is 0 Å². The van der Waals surface area contributed by atoms with E-state index >= 15 is 0 Å². The van der Waals surface area contributed by atoms with Crippen LogP contribution in [0.2, 0.25) is 10.0 Å². The average Bonchev–Trinajstić information content (AvgIpc) is 2.53. The molecule has 1 aromatic heterocycles. The highest BCUT2D eigenvalue weighted by Gasteiger charge is 2.11. The summed E-state index contributed by atoms with van der Waals surface area (Å²) in [7, 11) is 0. The highest BCUT2D eigenvalue weighted by atomic mass is 35.5. The van der Waals surface area contributed by atoms with Crippen LogP contribution >= 0.6 is 23.2 Å². The van der Waals surface area contributed by atoms with Gasteiger partial charge in [-0.05, 0) is 29.8 Å². The molecule has 0 saturated heterocycles. The van der Waals surface area contributed by atoms with Gasteiger partial charge in [0, 0.05) is 15.4 Å². The van der Waals surface area contributed by atoms with Crippen molar-refractivity contribution < 1.29 is 4.79 Å². The molecule has 0 aliphatic rings. The van der Waals surface area contributed by atoms with Crippen molar-refractivity contribution in [3.63, 3.8) is 0 Å². The Kier molecular flexibility index (Phi) is 3.96. The Hall–Kier alpha value is -2.17. The number of hydrogen-bond donors (Lipinski definition) is 0. The largest absolute Gasteiger partial charge is 0.296 e. The van der Waals surface area contributed by atoms with Crippen LogP contribution in [0, 0.1) is 0 Å². The smallest absolute Gasteiger partial charge is 0.274 e. The van der Waals surface area contributed by atoms with Crippen LogP contribution in [0.3, 0.4) is 0 Å². The number of aromatic nitrogens is 2. The fraction of sp³-hybridized carbons (Fsp3) is 0.0625. The van der Waals surface area contributed by atoms with Gasteiger partial charge in [-0.3, -0.25) is 9.59 Å². The van der Waals surface area contributed by atoms with Gasteiger partial charge in [-0.15, -0.1) is 0 Å². The molecule has 0 unspecified atom stereocenters. The summed E-state index contributed by atoms with van der Waals surface area (Å²) in [5.41, 5.74) is 0.599. The molecular formula is C16H10Cl2N2O2. The maximum Gasteiger partial charge on any atom is 0.274 e. The Morgan fingerprint density at radius 1 is 1.09 bits per heavy atom. The Morgan fingerprint density at radius 2 is 1.82 bits per heavy atom. The molecule has 0 fully saturated rings. The van der Waals surface area contributed by atoms with Gasteiger partial charge < -0.3 is 0 Å². The Labute approximate surface area is 135 Å². The van der Waals surface area contributed by atoms with Gasteiger partial charge >= 0.3 is 0 Å². The molecule has 0 atom stereocenters. The van der Waals surface area contributed by atoms with Gasteiger partial charge in [-0.1, -0.05) is 41.4 Å². The number of carbonyl (C=O) groups excluding carboxylic acids is 1. The van der Waals surface area contributed by atoms with Crippen molar-refractivity contribution in [1.29, 1.82) is 0 Å². The predicted molar refractivity (Wildman–Crippen MR) is 87.0 cm³/mol. The van der Waals surface area contributed by atoms with Crippen molar-refractivity contribution in [2.45, 2.75) is 6.54 Å². The van der Waals surface area contributed by atoms with Crippen LogP contribution in [-0.4, -0.2) is 16.1 Å². The van der Waals surface area contributed by atoms with Crippen molar-refractivity contribution in [3.05, 3.63) is 74.1 Å². The number of carbonyl (C=O) groups is 1. The van der Waals surface area contributed by atoms with Crippen molar-refractivity contribution in [3.8, 4) is 0 Å². The van der Waals surface area contributed by atoms with E-state index < -0.39 is 0 Å². The minimum atomic E-state index is -0.280. The van der Waals surface area contributed by atoms with Crippen LogP contribution in [0.1, 0.15) is 16.1 Å². The van der Waals surface area contributed by atoms with E-state index in [1.807, 2.05) is 0 Å². The van der Waals surface area contributed by atoms with Crippen LogP contribution in [0.4, 0.5) is 0 Å². The zero-order valence-corrected chi connectivity index (χ0v) is 12.8. The molecule has 0 bridgehead atoms. The SMILES string of the molecule is O=Cc1nn(Cc2cc(Cl)ccc2Cl)c(=O)c2ccccc12. The molecule has 0 aliphatic heterocycles. The van der Waals surface area contributed by atoms with Crippen LogP contribution in [-0.2, 0) is 6.54 Å². The number of fused-ring (bicyclic) bond motifs is 1. The second kappa shape index (κ2) is 5.91. The number of rotatable bonds is 3. The third-order valence-electron chi connectivity index (χ3n) is 3.34. The lowest BCUT2D eigenvalue weighted by Crippen LogP contribution is -2.25. The van der Waals surface area contributed by atoms with Gasteiger partial charge in [0.25, 0.3) is 5.56 Å². The molecule has 22 heavy (non-hydrogen) atoms. The second-order valence-electron chi connectivity index (χ2n) is 4.75. The molecule has 1 heterocycles. The summed E-state index contributed by atoms with van der Waals surface area (Å²) in [6, 6.07) is 11.9. The lowest BCUT2D eigenvalue weighted by atomic mass is 10.1. The second-order valence-corrected chi connectivity index (χ2v) is 5.59. The summed E-state index contributed by atoms with van der Waals surface area (Å²) < 4.78 is 1.23. The number of halogens is 2. The number of nitrogens with zero attached hydrogens (tertiary/aromatic N) is 2. The molecule has 0 saturated carbocycles. The minimum absolute atomic E-state index is 0.143. The first-order valence-corrected chi connectivity index (χ1v) is 7.24. The average molecular weight is 333 g/mol. The molecule has 0 radical (unpaired) electrons. The Bertz CT molecular complexity index is 935. The van der Waals surface area contributed by atoms with E-state index in [1.165, 1.54) is 4.68 Å². The van der Waals surface area contributed by atoms with Crippen LogP contribution < -0.4 is 5.56 Å². The lowest BCUT2D eigenvalue weighted by Gasteiger charge is -2.09. The van der Waals surface area contributed by atoms with Crippen LogP contribution in [0.5, 0.6) is 0 Å².